The van der Waals surface area contributed by atoms with Crippen molar-refractivity contribution in [3.8, 4) is 5.75 Å². The highest BCUT2D eigenvalue weighted by Gasteiger charge is 2.44. The minimum absolute atomic E-state index is 0.245. The first-order valence-electron chi connectivity index (χ1n) is 7.24. The van der Waals surface area contributed by atoms with Gasteiger partial charge in [-0.25, -0.2) is 4.79 Å². The lowest BCUT2D eigenvalue weighted by molar-refractivity contribution is 0.118. The molecule has 4 rings (SSSR count). The number of hydrogen-bond acceptors (Lipinski definition) is 4. The van der Waals surface area contributed by atoms with Crippen molar-refractivity contribution in [2.45, 2.75) is 18.5 Å². The van der Waals surface area contributed by atoms with Crippen LogP contribution in [0.4, 0.5) is 4.79 Å². The van der Waals surface area contributed by atoms with Gasteiger partial charge < -0.3 is 9.64 Å². The summed E-state index contributed by atoms with van der Waals surface area (Å²) in [7, 11) is 2.11. The van der Waals surface area contributed by atoms with E-state index in [0.717, 1.165) is 30.4 Å². The molecule has 2 aliphatic rings. The average molecular weight is 283 g/mol. The molecule has 2 aromatic rings. The van der Waals surface area contributed by atoms with Crippen molar-refractivity contribution in [2.75, 3.05) is 20.1 Å². The number of carbonyl (C=O) groups excluding carboxylic acids is 1. The van der Waals surface area contributed by atoms with E-state index < -0.39 is 0 Å². The summed E-state index contributed by atoms with van der Waals surface area (Å²) < 4.78 is 5.52. The van der Waals surface area contributed by atoms with Crippen LogP contribution >= 0.6 is 0 Å². The fourth-order valence-electron chi connectivity index (χ4n) is 3.36. The normalized spacial score (nSPS) is 24.7. The SMILES string of the molecule is CN1CC2CC1CN2C(=O)Oc1ccc2cccnc2c1. The summed E-state index contributed by atoms with van der Waals surface area (Å²) in [4.78, 5) is 20.8. The molecule has 1 aromatic heterocycles. The third-order valence-electron chi connectivity index (χ3n) is 4.53. The molecule has 1 aromatic carbocycles. The van der Waals surface area contributed by atoms with E-state index in [0.29, 0.717) is 17.8 Å². The van der Waals surface area contributed by atoms with Gasteiger partial charge in [0.25, 0.3) is 0 Å². The molecule has 2 fully saturated rings. The van der Waals surface area contributed by atoms with Crippen LogP contribution < -0.4 is 4.74 Å². The Balaban J connectivity index is 1.51. The Morgan fingerprint density at radius 1 is 1.29 bits per heavy atom. The Labute approximate surface area is 123 Å². The van der Waals surface area contributed by atoms with E-state index in [1.54, 1.807) is 6.20 Å². The number of amides is 1. The Bertz CT molecular complexity index is 701. The molecule has 5 nitrogen and oxygen atoms in total. The van der Waals surface area contributed by atoms with Crippen LogP contribution in [0.1, 0.15) is 6.42 Å². The smallest absolute Gasteiger partial charge is 0.410 e. The molecule has 5 heteroatoms. The first kappa shape index (κ1) is 12.6. The topological polar surface area (TPSA) is 45.7 Å². The van der Waals surface area contributed by atoms with E-state index in [1.807, 2.05) is 35.2 Å². The van der Waals surface area contributed by atoms with Gasteiger partial charge in [-0.1, -0.05) is 6.07 Å². The molecule has 0 N–H and O–H groups in total. The van der Waals surface area contributed by atoms with Gasteiger partial charge in [0.05, 0.1) is 5.52 Å². The number of nitrogens with zero attached hydrogens (tertiary/aromatic N) is 3. The Hall–Kier alpha value is -2.14. The number of aromatic nitrogens is 1. The van der Waals surface area contributed by atoms with Gasteiger partial charge in [0.15, 0.2) is 0 Å². The van der Waals surface area contributed by atoms with Crippen LogP contribution in [0.15, 0.2) is 36.5 Å². The zero-order chi connectivity index (χ0) is 14.4. The molecule has 2 aliphatic heterocycles. The fraction of sp³-hybridized carbons (Fsp3) is 0.375. The van der Waals surface area contributed by atoms with Crippen LogP contribution in [0.25, 0.3) is 10.9 Å². The molecule has 108 valence electrons. The van der Waals surface area contributed by atoms with E-state index in [9.17, 15) is 4.79 Å². The number of likely N-dealkylation sites (tertiary alicyclic amines) is 2. The van der Waals surface area contributed by atoms with Gasteiger partial charge in [-0.3, -0.25) is 9.88 Å². The lowest BCUT2D eigenvalue weighted by Gasteiger charge is -2.31. The number of ether oxygens (including phenoxy) is 1. The lowest BCUT2D eigenvalue weighted by atomic mass is 10.2. The number of fused-ring (bicyclic) bond motifs is 3. The van der Waals surface area contributed by atoms with E-state index in [1.165, 1.54) is 0 Å². The number of hydrogen-bond donors (Lipinski definition) is 0. The minimum atomic E-state index is -0.245. The van der Waals surface area contributed by atoms with Crippen LogP contribution in [-0.2, 0) is 0 Å². The predicted molar refractivity (Wildman–Crippen MR) is 79.3 cm³/mol. The number of piperazine rings is 1. The van der Waals surface area contributed by atoms with Crippen molar-refractivity contribution in [1.82, 2.24) is 14.8 Å². The molecule has 0 radical (unpaired) electrons. The standard InChI is InChI=1S/C16H17N3O2/c1-18-9-13-7-12(18)10-19(13)16(20)21-14-5-4-11-3-2-6-17-15(11)8-14/h2-6,8,12-13H,7,9-10H2,1H3. The van der Waals surface area contributed by atoms with Crippen molar-refractivity contribution in [3.05, 3.63) is 36.5 Å². The summed E-state index contributed by atoms with van der Waals surface area (Å²) in [6, 6.07) is 10.2. The highest BCUT2D eigenvalue weighted by atomic mass is 16.6. The summed E-state index contributed by atoms with van der Waals surface area (Å²) in [5.74, 6) is 0.558. The maximum Gasteiger partial charge on any atom is 0.415 e. The molecule has 2 bridgehead atoms. The summed E-state index contributed by atoms with van der Waals surface area (Å²) in [5, 5.41) is 1.04. The minimum Gasteiger partial charge on any atom is -0.410 e. The first-order chi connectivity index (χ1) is 10.2. The number of pyridine rings is 1. The molecular formula is C16H17N3O2. The van der Waals surface area contributed by atoms with E-state index in [2.05, 4.69) is 16.9 Å². The van der Waals surface area contributed by atoms with E-state index in [4.69, 9.17) is 4.74 Å². The van der Waals surface area contributed by atoms with Gasteiger partial charge in [0.2, 0.25) is 0 Å². The molecule has 2 saturated heterocycles. The van der Waals surface area contributed by atoms with Crippen LogP contribution in [0, 0.1) is 0 Å². The average Bonchev–Trinajstić information content (AvgIpc) is 3.06. The third kappa shape index (κ3) is 2.14. The monoisotopic (exact) mass is 283 g/mol. The molecular weight excluding hydrogens is 266 g/mol. The van der Waals surface area contributed by atoms with Crippen molar-refractivity contribution < 1.29 is 9.53 Å². The molecule has 2 unspecified atom stereocenters. The molecule has 3 heterocycles. The van der Waals surface area contributed by atoms with Gasteiger partial charge in [-0.15, -0.1) is 0 Å². The molecule has 1 amide bonds. The van der Waals surface area contributed by atoms with Gasteiger partial charge in [0, 0.05) is 42.8 Å². The highest BCUT2D eigenvalue weighted by Crippen LogP contribution is 2.30. The highest BCUT2D eigenvalue weighted by molar-refractivity contribution is 5.81. The van der Waals surface area contributed by atoms with Crippen LogP contribution in [0.3, 0.4) is 0 Å². The van der Waals surface area contributed by atoms with Crippen LogP contribution in [-0.4, -0.2) is 53.1 Å². The van der Waals surface area contributed by atoms with Crippen LogP contribution in [0.2, 0.25) is 0 Å². The van der Waals surface area contributed by atoms with Gasteiger partial charge >= 0.3 is 6.09 Å². The fourth-order valence-corrected chi connectivity index (χ4v) is 3.36. The second kappa shape index (κ2) is 4.70. The predicted octanol–water partition coefficient (Wildman–Crippen LogP) is 2.12. The third-order valence-corrected chi connectivity index (χ3v) is 4.53. The second-order valence-electron chi connectivity index (χ2n) is 5.86. The maximum absolute atomic E-state index is 12.3. The van der Waals surface area contributed by atoms with Crippen LogP contribution in [0.5, 0.6) is 5.75 Å². The van der Waals surface area contributed by atoms with Gasteiger partial charge in [0.1, 0.15) is 5.75 Å². The molecule has 2 atom stereocenters. The lowest BCUT2D eigenvalue weighted by Crippen LogP contribution is -2.48. The van der Waals surface area contributed by atoms with Gasteiger partial charge in [-0.05, 0) is 31.7 Å². The van der Waals surface area contributed by atoms with Crippen molar-refractivity contribution in [3.63, 3.8) is 0 Å². The number of likely N-dealkylation sites (N-methyl/N-ethyl adjacent to an activating group) is 1. The van der Waals surface area contributed by atoms with E-state index in [-0.39, 0.29) is 6.09 Å². The molecule has 0 saturated carbocycles. The Morgan fingerprint density at radius 3 is 2.95 bits per heavy atom. The summed E-state index contributed by atoms with van der Waals surface area (Å²) in [6.07, 6.45) is 2.56. The Kier molecular flexibility index (Phi) is 2.82. The maximum atomic E-state index is 12.3. The number of carbonyl (C=O) groups is 1. The number of rotatable bonds is 1. The summed E-state index contributed by atoms with van der Waals surface area (Å²) in [6.45, 7) is 1.71. The van der Waals surface area contributed by atoms with Crippen molar-refractivity contribution in [2.24, 2.45) is 0 Å². The van der Waals surface area contributed by atoms with Gasteiger partial charge in [-0.2, -0.15) is 0 Å². The molecule has 21 heavy (non-hydrogen) atoms. The quantitative estimate of drug-likeness (QED) is 0.804. The number of benzene rings is 1. The molecule has 0 spiro atoms. The largest absolute Gasteiger partial charge is 0.415 e. The van der Waals surface area contributed by atoms with Crippen molar-refractivity contribution >= 4 is 17.0 Å². The van der Waals surface area contributed by atoms with E-state index >= 15 is 0 Å². The Morgan fingerprint density at radius 2 is 2.19 bits per heavy atom. The van der Waals surface area contributed by atoms with Crippen molar-refractivity contribution in [1.29, 1.82) is 0 Å². The summed E-state index contributed by atoms with van der Waals surface area (Å²) in [5.41, 5.74) is 0.838. The zero-order valence-electron chi connectivity index (χ0n) is 11.9. The first-order valence-corrected chi connectivity index (χ1v) is 7.24. The summed E-state index contributed by atoms with van der Waals surface area (Å²) >= 11 is 0. The molecule has 0 aliphatic carbocycles. The zero-order valence-corrected chi connectivity index (χ0v) is 11.9. The second-order valence-corrected chi connectivity index (χ2v) is 5.86.